The van der Waals surface area contributed by atoms with Gasteiger partial charge in [-0.3, -0.25) is 4.79 Å². The first-order valence-electron chi connectivity index (χ1n) is 8.21. The van der Waals surface area contributed by atoms with Crippen LogP contribution in [0.25, 0.3) is 0 Å². The summed E-state index contributed by atoms with van der Waals surface area (Å²) in [4.78, 5) is 23.2. The number of carbonyl (C=O) groups excluding carboxylic acids is 2. The van der Waals surface area contributed by atoms with E-state index in [1.807, 2.05) is 42.5 Å². The Kier molecular flexibility index (Phi) is 7.31. The van der Waals surface area contributed by atoms with Crippen LogP contribution in [0.4, 0.5) is 10.5 Å². The molecule has 2 aromatic carbocycles. The molecule has 0 radical (unpaired) electrons. The normalized spacial score (nSPS) is 9.96. The minimum Gasteiger partial charge on any atom is -0.466 e. The van der Waals surface area contributed by atoms with Gasteiger partial charge in [0.15, 0.2) is 5.75 Å². The molecule has 0 aliphatic rings. The summed E-state index contributed by atoms with van der Waals surface area (Å²) in [5.41, 5.74) is 0.564. The second-order valence-corrected chi connectivity index (χ2v) is 5.20. The molecule has 0 saturated heterocycles. The molecule has 0 aliphatic heterocycles. The highest BCUT2D eigenvalue weighted by Gasteiger charge is 2.08. The first-order chi connectivity index (χ1) is 12.2. The Balaban J connectivity index is 1.83. The maximum atomic E-state index is 12.0. The largest absolute Gasteiger partial charge is 0.466 e. The summed E-state index contributed by atoms with van der Waals surface area (Å²) in [5.74, 6) is 0.980. The summed E-state index contributed by atoms with van der Waals surface area (Å²) in [6.07, 6.45) is 0.802. The molecule has 132 valence electrons. The summed E-state index contributed by atoms with van der Waals surface area (Å²) >= 11 is 0. The fourth-order valence-corrected chi connectivity index (χ4v) is 2.11. The number of hydrogen-bond acceptors (Lipinski definition) is 4. The van der Waals surface area contributed by atoms with Crippen LogP contribution in [0.1, 0.15) is 19.8 Å². The van der Waals surface area contributed by atoms with Crippen molar-refractivity contribution < 1.29 is 19.1 Å². The maximum absolute atomic E-state index is 12.0. The van der Waals surface area contributed by atoms with Crippen LogP contribution in [0.5, 0.6) is 11.5 Å². The van der Waals surface area contributed by atoms with Crippen LogP contribution in [0.15, 0.2) is 54.6 Å². The average molecular weight is 342 g/mol. The van der Waals surface area contributed by atoms with Crippen LogP contribution >= 0.6 is 0 Å². The molecule has 0 spiro atoms. The Morgan fingerprint density at radius 2 is 1.72 bits per heavy atom. The summed E-state index contributed by atoms with van der Waals surface area (Å²) < 4.78 is 10.6. The molecule has 0 unspecified atom stereocenters. The lowest BCUT2D eigenvalue weighted by Gasteiger charge is -2.12. The van der Waals surface area contributed by atoms with Crippen LogP contribution in [-0.4, -0.2) is 25.2 Å². The fourth-order valence-electron chi connectivity index (χ4n) is 2.11. The number of urea groups is 1. The van der Waals surface area contributed by atoms with Crippen molar-refractivity contribution in [3.63, 3.8) is 0 Å². The highest BCUT2D eigenvalue weighted by Crippen LogP contribution is 2.28. The van der Waals surface area contributed by atoms with Gasteiger partial charge >= 0.3 is 12.0 Å². The van der Waals surface area contributed by atoms with Gasteiger partial charge in [-0.1, -0.05) is 30.3 Å². The molecule has 0 aliphatic carbocycles. The number of anilines is 1. The van der Waals surface area contributed by atoms with E-state index >= 15 is 0 Å². The van der Waals surface area contributed by atoms with Crippen molar-refractivity contribution in [1.82, 2.24) is 5.32 Å². The summed E-state index contributed by atoms with van der Waals surface area (Å²) in [6, 6.07) is 16.2. The van der Waals surface area contributed by atoms with E-state index in [2.05, 4.69) is 10.6 Å². The zero-order valence-electron chi connectivity index (χ0n) is 14.2. The van der Waals surface area contributed by atoms with E-state index in [0.717, 1.165) is 0 Å². The van der Waals surface area contributed by atoms with Crippen LogP contribution in [0.2, 0.25) is 0 Å². The summed E-state index contributed by atoms with van der Waals surface area (Å²) in [7, 11) is 0. The molecule has 2 aromatic rings. The van der Waals surface area contributed by atoms with E-state index < -0.39 is 0 Å². The molecule has 0 atom stereocenters. The smallest absolute Gasteiger partial charge is 0.319 e. The number of amides is 2. The minimum absolute atomic E-state index is 0.258. The SMILES string of the molecule is CCOC(=O)CCCNC(=O)Nc1ccccc1Oc1ccccc1. The Hall–Kier alpha value is -3.02. The number of para-hydroxylation sites is 3. The lowest BCUT2D eigenvalue weighted by Crippen LogP contribution is -2.30. The summed E-state index contributed by atoms with van der Waals surface area (Å²) in [6.45, 7) is 2.51. The highest BCUT2D eigenvalue weighted by molar-refractivity contribution is 5.90. The van der Waals surface area contributed by atoms with Gasteiger partial charge in [0.1, 0.15) is 5.75 Å². The first-order valence-corrected chi connectivity index (χ1v) is 8.21. The number of rotatable bonds is 8. The van der Waals surface area contributed by atoms with Crippen molar-refractivity contribution in [3.8, 4) is 11.5 Å². The second kappa shape index (κ2) is 9.97. The topological polar surface area (TPSA) is 76.7 Å². The molecule has 0 saturated carbocycles. The number of nitrogens with one attached hydrogen (secondary N) is 2. The van der Waals surface area contributed by atoms with E-state index in [1.165, 1.54) is 0 Å². The minimum atomic E-state index is -0.354. The Labute approximate surface area is 147 Å². The van der Waals surface area contributed by atoms with Crippen molar-refractivity contribution >= 4 is 17.7 Å². The number of ether oxygens (including phenoxy) is 2. The van der Waals surface area contributed by atoms with Gasteiger partial charge in [-0.2, -0.15) is 0 Å². The van der Waals surface area contributed by atoms with Gasteiger partial charge in [-0.05, 0) is 37.6 Å². The van der Waals surface area contributed by atoms with Crippen molar-refractivity contribution in [2.45, 2.75) is 19.8 Å². The third-order valence-corrected chi connectivity index (χ3v) is 3.25. The fraction of sp³-hybridized carbons (Fsp3) is 0.263. The predicted molar refractivity (Wildman–Crippen MR) is 95.8 cm³/mol. The van der Waals surface area contributed by atoms with Crippen LogP contribution in [0.3, 0.4) is 0 Å². The zero-order chi connectivity index (χ0) is 17.9. The van der Waals surface area contributed by atoms with Crippen LogP contribution in [0, 0.1) is 0 Å². The molecule has 6 nitrogen and oxygen atoms in total. The predicted octanol–water partition coefficient (Wildman–Crippen LogP) is 3.94. The molecule has 2 amide bonds. The Morgan fingerprint density at radius 3 is 2.48 bits per heavy atom. The van der Waals surface area contributed by atoms with E-state index in [9.17, 15) is 9.59 Å². The standard InChI is InChI=1S/C19H22N2O4/c1-2-24-18(22)13-8-14-20-19(23)21-16-11-6-7-12-17(16)25-15-9-4-3-5-10-15/h3-7,9-12H,2,8,13-14H2,1H3,(H2,20,21,23). The second-order valence-electron chi connectivity index (χ2n) is 5.20. The number of carbonyl (C=O) groups is 2. The van der Waals surface area contributed by atoms with Gasteiger partial charge in [-0.15, -0.1) is 0 Å². The first kappa shape index (κ1) is 18.3. The molecule has 6 heteroatoms. The van der Waals surface area contributed by atoms with Crippen molar-refractivity contribution in [1.29, 1.82) is 0 Å². The van der Waals surface area contributed by atoms with Gasteiger partial charge in [0.05, 0.1) is 12.3 Å². The quantitative estimate of drug-likeness (QED) is 0.563. The molecule has 0 bridgehead atoms. The van der Waals surface area contributed by atoms with E-state index in [-0.39, 0.29) is 18.4 Å². The molecule has 0 heterocycles. The monoisotopic (exact) mass is 342 g/mol. The van der Waals surface area contributed by atoms with Gasteiger partial charge in [0.25, 0.3) is 0 Å². The molecule has 0 aromatic heterocycles. The number of benzene rings is 2. The molecular weight excluding hydrogens is 320 g/mol. The average Bonchev–Trinajstić information content (AvgIpc) is 2.62. The molecule has 25 heavy (non-hydrogen) atoms. The Morgan fingerprint density at radius 1 is 1.00 bits per heavy atom. The molecule has 0 fully saturated rings. The van der Waals surface area contributed by atoms with Crippen molar-refractivity contribution in [3.05, 3.63) is 54.6 Å². The van der Waals surface area contributed by atoms with E-state index in [4.69, 9.17) is 9.47 Å². The number of esters is 1. The third kappa shape index (κ3) is 6.55. The van der Waals surface area contributed by atoms with Gasteiger partial charge in [0.2, 0.25) is 0 Å². The van der Waals surface area contributed by atoms with Gasteiger partial charge in [-0.25, -0.2) is 4.79 Å². The summed E-state index contributed by atoms with van der Waals surface area (Å²) in [5, 5.41) is 5.46. The van der Waals surface area contributed by atoms with E-state index in [0.29, 0.717) is 36.8 Å². The van der Waals surface area contributed by atoms with E-state index in [1.54, 1.807) is 19.1 Å². The third-order valence-electron chi connectivity index (χ3n) is 3.25. The highest BCUT2D eigenvalue weighted by atomic mass is 16.5. The lowest BCUT2D eigenvalue weighted by atomic mass is 10.3. The number of hydrogen-bond donors (Lipinski definition) is 2. The lowest BCUT2D eigenvalue weighted by molar-refractivity contribution is -0.143. The zero-order valence-corrected chi connectivity index (χ0v) is 14.2. The van der Waals surface area contributed by atoms with Crippen molar-refractivity contribution in [2.75, 3.05) is 18.5 Å². The molecule has 2 N–H and O–H groups in total. The van der Waals surface area contributed by atoms with Crippen LogP contribution < -0.4 is 15.4 Å². The molecule has 2 rings (SSSR count). The van der Waals surface area contributed by atoms with Gasteiger partial charge < -0.3 is 20.1 Å². The van der Waals surface area contributed by atoms with Gasteiger partial charge in [0, 0.05) is 13.0 Å². The van der Waals surface area contributed by atoms with Crippen molar-refractivity contribution in [2.24, 2.45) is 0 Å². The maximum Gasteiger partial charge on any atom is 0.319 e. The van der Waals surface area contributed by atoms with Crippen LogP contribution in [-0.2, 0) is 9.53 Å². The molecular formula is C19H22N2O4. The Bertz CT molecular complexity index is 689.